The van der Waals surface area contributed by atoms with Crippen LogP contribution < -0.4 is 11.5 Å². The molecule has 0 radical (unpaired) electrons. The lowest BCUT2D eigenvalue weighted by Gasteiger charge is -2.15. The molecule has 96 valence electrons. The number of nitrogens with zero attached hydrogens (tertiary/aromatic N) is 2. The largest absolute Gasteiger partial charge is 0.370 e. The standard InChI is InChI=1S/C12H20N4.BrH/c1-16(9-5-8-15-12(13)14)10-11-6-3-2-4-7-11;/h2-4,6-7H,5,8-10H2,1H3,(H4,13,14,15);1H. The quantitative estimate of drug-likeness (QED) is 0.473. The molecule has 4 N–H and O–H groups in total. The Morgan fingerprint density at radius 3 is 2.47 bits per heavy atom. The van der Waals surface area contributed by atoms with E-state index in [9.17, 15) is 0 Å². The summed E-state index contributed by atoms with van der Waals surface area (Å²) in [6.07, 6.45) is 0.973. The van der Waals surface area contributed by atoms with Crippen molar-refractivity contribution in [3.8, 4) is 0 Å². The molecule has 0 aromatic heterocycles. The highest BCUT2D eigenvalue weighted by Crippen LogP contribution is 2.02. The molecule has 1 rings (SSSR count). The molecule has 0 heterocycles. The van der Waals surface area contributed by atoms with Gasteiger partial charge in [-0.25, -0.2) is 0 Å². The van der Waals surface area contributed by atoms with Gasteiger partial charge in [-0.3, -0.25) is 4.99 Å². The van der Waals surface area contributed by atoms with Crippen molar-refractivity contribution in [1.82, 2.24) is 4.90 Å². The Morgan fingerprint density at radius 1 is 1.24 bits per heavy atom. The molecule has 0 aliphatic heterocycles. The van der Waals surface area contributed by atoms with Gasteiger partial charge >= 0.3 is 0 Å². The van der Waals surface area contributed by atoms with Crippen LogP contribution in [-0.4, -0.2) is 31.0 Å². The van der Waals surface area contributed by atoms with Gasteiger partial charge in [-0.2, -0.15) is 0 Å². The average molecular weight is 301 g/mol. The maximum atomic E-state index is 5.25. The third-order valence-electron chi connectivity index (χ3n) is 2.29. The fraction of sp³-hybridized carbons (Fsp3) is 0.417. The van der Waals surface area contributed by atoms with E-state index in [0.29, 0.717) is 6.54 Å². The van der Waals surface area contributed by atoms with Crippen molar-refractivity contribution in [1.29, 1.82) is 0 Å². The Hall–Kier alpha value is -1.07. The summed E-state index contributed by atoms with van der Waals surface area (Å²) < 4.78 is 0. The minimum absolute atomic E-state index is 0. The van der Waals surface area contributed by atoms with E-state index in [0.717, 1.165) is 19.5 Å². The van der Waals surface area contributed by atoms with E-state index in [4.69, 9.17) is 11.5 Å². The molecule has 17 heavy (non-hydrogen) atoms. The molecular formula is C12H21BrN4. The average Bonchev–Trinajstić information content (AvgIpc) is 2.25. The fourth-order valence-electron chi connectivity index (χ4n) is 1.52. The van der Waals surface area contributed by atoms with E-state index >= 15 is 0 Å². The highest BCUT2D eigenvalue weighted by atomic mass is 79.9. The van der Waals surface area contributed by atoms with Crippen LogP contribution in [-0.2, 0) is 6.54 Å². The van der Waals surface area contributed by atoms with Crippen LogP contribution in [0.15, 0.2) is 35.3 Å². The predicted molar refractivity (Wildman–Crippen MR) is 78.4 cm³/mol. The van der Waals surface area contributed by atoms with Crippen LogP contribution in [0.2, 0.25) is 0 Å². The topological polar surface area (TPSA) is 67.6 Å². The van der Waals surface area contributed by atoms with Gasteiger partial charge in [0.1, 0.15) is 0 Å². The second-order valence-corrected chi connectivity index (χ2v) is 3.88. The van der Waals surface area contributed by atoms with Crippen LogP contribution in [0.25, 0.3) is 0 Å². The second-order valence-electron chi connectivity index (χ2n) is 3.88. The summed E-state index contributed by atoms with van der Waals surface area (Å²) in [5, 5.41) is 0. The predicted octanol–water partition coefficient (Wildman–Crippen LogP) is 1.36. The van der Waals surface area contributed by atoms with E-state index in [1.54, 1.807) is 0 Å². The molecule has 0 bridgehead atoms. The van der Waals surface area contributed by atoms with Crippen LogP contribution in [0, 0.1) is 0 Å². The van der Waals surface area contributed by atoms with Gasteiger partial charge in [-0.1, -0.05) is 30.3 Å². The van der Waals surface area contributed by atoms with Gasteiger partial charge in [-0.05, 0) is 25.6 Å². The van der Waals surface area contributed by atoms with E-state index in [1.807, 2.05) is 6.07 Å². The van der Waals surface area contributed by atoms with Crippen LogP contribution in [0.4, 0.5) is 0 Å². The van der Waals surface area contributed by atoms with Crippen molar-refractivity contribution in [2.24, 2.45) is 16.5 Å². The summed E-state index contributed by atoms with van der Waals surface area (Å²) in [4.78, 5) is 6.21. The molecular weight excluding hydrogens is 280 g/mol. The number of halogens is 1. The lowest BCUT2D eigenvalue weighted by Crippen LogP contribution is -2.24. The zero-order valence-electron chi connectivity index (χ0n) is 10.2. The van der Waals surface area contributed by atoms with Crippen molar-refractivity contribution in [2.45, 2.75) is 13.0 Å². The van der Waals surface area contributed by atoms with Gasteiger partial charge in [0.25, 0.3) is 0 Å². The number of benzene rings is 1. The SMILES string of the molecule is Br.CN(CCCN=C(N)N)Cc1ccccc1. The Kier molecular flexibility index (Phi) is 8.44. The van der Waals surface area contributed by atoms with Crippen LogP contribution in [0.5, 0.6) is 0 Å². The normalized spacial score (nSPS) is 9.76. The molecule has 0 saturated heterocycles. The van der Waals surface area contributed by atoms with Crippen molar-refractivity contribution < 1.29 is 0 Å². The first-order chi connectivity index (χ1) is 7.68. The van der Waals surface area contributed by atoms with Gasteiger partial charge in [0, 0.05) is 13.1 Å². The van der Waals surface area contributed by atoms with Crippen molar-refractivity contribution in [2.75, 3.05) is 20.1 Å². The Labute approximate surface area is 113 Å². The molecule has 1 aromatic rings. The van der Waals surface area contributed by atoms with Gasteiger partial charge in [0.15, 0.2) is 5.96 Å². The van der Waals surface area contributed by atoms with E-state index in [-0.39, 0.29) is 22.9 Å². The third-order valence-corrected chi connectivity index (χ3v) is 2.29. The molecule has 5 heteroatoms. The second kappa shape index (κ2) is 9.01. The fourth-order valence-corrected chi connectivity index (χ4v) is 1.52. The maximum absolute atomic E-state index is 5.25. The first-order valence-corrected chi connectivity index (χ1v) is 5.46. The van der Waals surface area contributed by atoms with Gasteiger partial charge in [-0.15, -0.1) is 17.0 Å². The summed E-state index contributed by atoms with van der Waals surface area (Å²) in [6.45, 7) is 2.65. The summed E-state index contributed by atoms with van der Waals surface area (Å²) in [5.41, 5.74) is 11.8. The van der Waals surface area contributed by atoms with E-state index in [2.05, 4.69) is 41.2 Å². The first-order valence-electron chi connectivity index (χ1n) is 5.46. The maximum Gasteiger partial charge on any atom is 0.185 e. The molecule has 0 amide bonds. The van der Waals surface area contributed by atoms with E-state index in [1.165, 1.54) is 5.56 Å². The molecule has 0 atom stereocenters. The number of rotatable bonds is 6. The number of nitrogens with two attached hydrogens (primary N) is 2. The molecule has 0 spiro atoms. The highest BCUT2D eigenvalue weighted by molar-refractivity contribution is 8.93. The summed E-state index contributed by atoms with van der Waals surface area (Å²) in [7, 11) is 2.10. The number of guanidine groups is 1. The molecule has 0 aliphatic carbocycles. The van der Waals surface area contributed by atoms with Crippen molar-refractivity contribution in [3.63, 3.8) is 0 Å². The minimum atomic E-state index is 0. The molecule has 1 aromatic carbocycles. The highest BCUT2D eigenvalue weighted by Gasteiger charge is 1.98. The molecule has 0 fully saturated rings. The van der Waals surface area contributed by atoms with Gasteiger partial charge < -0.3 is 16.4 Å². The zero-order valence-corrected chi connectivity index (χ0v) is 11.9. The molecule has 0 unspecified atom stereocenters. The van der Waals surface area contributed by atoms with Crippen LogP contribution >= 0.6 is 17.0 Å². The number of hydrogen-bond acceptors (Lipinski definition) is 2. The minimum Gasteiger partial charge on any atom is -0.370 e. The monoisotopic (exact) mass is 300 g/mol. The van der Waals surface area contributed by atoms with Gasteiger partial charge in [0.2, 0.25) is 0 Å². The summed E-state index contributed by atoms with van der Waals surface area (Å²) in [6, 6.07) is 10.4. The summed E-state index contributed by atoms with van der Waals surface area (Å²) in [5.74, 6) is 0.172. The zero-order chi connectivity index (χ0) is 11.8. The van der Waals surface area contributed by atoms with Crippen molar-refractivity contribution in [3.05, 3.63) is 35.9 Å². The molecule has 0 saturated carbocycles. The summed E-state index contributed by atoms with van der Waals surface area (Å²) >= 11 is 0. The molecule has 0 aliphatic rings. The Balaban J connectivity index is 0.00000256. The van der Waals surface area contributed by atoms with E-state index < -0.39 is 0 Å². The lowest BCUT2D eigenvalue weighted by atomic mass is 10.2. The third kappa shape index (κ3) is 7.76. The Bertz CT molecular complexity index is 323. The lowest BCUT2D eigenvalue weighted by molar-refractivity contribution is 0.324. The smallest absolute Gasteiger partial charge is 0.185 e. The number of aliphatic imine (C=N–C) groups is 1. The molecule has 4 nitrogen and oxygen atoms in total. The first kappa shape index (κ1) is 15.9. The van der Waals surface area contributed by atoms with Gasteiger partial charge in [0.05, 0.1) is 0 Å². The van der Waals surface area contributed by atoms with Crippen molar-refractivity contribution >= 4 is 22.9 Å². The Morgan fingerprint density at radius 2 is 1.88 bits per heavy atom. The van der Waals surface area contributed by atoms with Crippen LogP contribution in [0.3, 0.4) is 0 Å². The van der Waals surface area contributed by atoms with Crippen LogP contribution in [0.1, 0.15) is 12.0 Å². The number of hydrogen-bond donors (Lipinski definition) is 2.